The molecule has 1 aromatic carbocycles. The fourth-order valence-corrected chi connectivity index (χ4v) is 3.47. The van der Waals surface area contributed by atoms with E-state index in [1.807, 2.05) is 6.07 Å². The molecule has 1 amide bonds. The monoisotopic (exact) mass is 272 g/mol. The summed E-state index contributed by atoms with van der Waals surface area (Å²) in [6.07, 6.45) is 5.53. The van der Waals surface area contributed by atoms with E-state index in [9.17, 15) is 4.79 Å². The number of hydrogen-bond donors (Lipinski definition) is 2. The Balaban J connectivity index is 1.36. The zero-order chi connectivity index (χ0) is 13.8. The second-order valence-electron chi connectivity index (χ2n) is 6.25. The fourth-order valence-electron chi connectivity index (χ4n) is 3.47. The minimum Gasteiger partial charge on any atom is -0.356 e. The maximum absolute atomic E-state index is 12.2. The molecule has 1 aliphatic carbocycles. The van der Waals surface area contributed by atoms with Crippen LogP contribution in [0.5, 0.6) is 0 Å². The Labute approximate surface area is 121 Å². The summed E-state index contributed by atoms with van der Waals surface area (Å²) in [5, 5.41) is 6.51. The largest absolute Gasteiger partial charge is 0.356 e. The van der Waals surface area contributed by atoms with Crippen LogP contribution in [-0.4, -0.2) is 25.5 Å². The number of hydrogen-bond acceptors (Lipinski definition) is 2. The summed E-state index contributed by atoms with van der Waals surface area (Å²) in [7, 11) is 0. The van der Waals surface area contributed by atoms with Crippen LogP contribution in [0.25, 0.3) is 0 Å². The Morgan fingerprint density at radius 3 is 2.75 bits per heavy atom. The van der Waals surface area contributed by atoms with Gasteiger partial charge < -0.3 is 10.6 Å². The number of nitrogens with one attached hydrogen (secondary N) is 2. The van der Waals surface area contributed by atoms with Crippen molar-refractivity contribution in [3.63, 3.8) is 0 Å². The summed E-state index contributed by atoms with van der Waals surface area (Å²) in [6, 6.07) is 10.5. The quantitative estimate of drug-likeness (QED) is 0.806. The molecule has 1 atom stereocenters. The zero-order valence-electron chi connectivity index (χ0n) is 12.0. The minimum atomic E-state index is 0.292. The summed E-state index contributed by atoms with van der Waals surface area (Å²) >= 11 is 0. The van der Waals surface area contributed by atoms with E-state index in [4.69, 9.17) is 0 Å². The third-order valence-corrected chi connectivity index (χ3v) is 4.89. The van der Waals surface area contributed by atoms with Gasteiger partial charge in [0.25, 0.3) is 0 Å². The molecule has 3 nitrogen and oxygen atoms in total. The van der Waals surface area contributed by atoms with Crippen molar-refractivity contribution in [2.24, 2.45) is 11.3 Å². The standard InChI is InChI=1S/C17H24N2O/c20-16(15-13-17(15)8-11-18-12-9-17)19-10-4-7-14-5-2-1-3-6-14/h1-3,5-6,15,18H,4,7-13H2,(H,19,20)/t15-/m1/s1. The zero-order valence-corrected chi connectivity index (χ0v) is 12.0. The molecule has 0 bridgehead atoms. The number of aryl methyl sites for hydroxylation is 1. The minimum absolute atomic E-state index is 0.292. The topological polar surface area (TPSA) is 41.1 Å². The Kier molecular flexibility index (Phi) is 4.06. The van der Waals surface area contributed by atoms with Crippen LogP contribution < -0.4 is 10.6 Å². The van der Waals surface area contributed by atoms with E-state index in [1.54, 1.807) is 0 Å². The highest BCUT2D eigenvalue weighted by atomic mass is 16.2. The Bertz CT molecular complexity index is 451. The molecular weight excluding hydrogens is 248 g/mol. The van der Waals surface area contributed by atoms with E-state index >= 15 is 0 Å². The normalized spacial score (nSPS) is 23.5. The number of benzene rings is 1. The number of carbonyl (C=O) groups is 1. The molecule has 2 fully saturated rings. The van der Waals surface area contributed by atoms with E-state index in [2.05, 4.69) is 34.9 Å². The van der Waals surface area contributed by atoms with E-state index in [-0.39, 0.29) is 0 Å². The van der Waals surface area contributed by atoms with Gasteiger partial charge in [0.2, 0.25) is 5.91 Å². The van der Waals surface area contributed by atoms with Crippen molar-refractivity contribution >= 4 is 5.91 Å². The first-order chi connectivity index (χ1) is 9.80. The first-order valence-electron chi connectivity index (χ1n) is 7.83. The molecule has 108 valence electrons. The molecule has 1 spiro atoms. The fraction of sp³-hybridized carbons (Fsp3) is 0.588. The summed E-state index contributed by atoms with van der Waals surface area (Å²) in [5.74, 6) is 0.585. The average Bonchev–Trinajstić information content (AvgIpc) is 3.19. The third kappa shape index (κ3) is 3.04. The van der Waals surface area contributed by atoms with E-state index in [0.717, 1.165) is 38.9 Å². The molecular formula is C17H24N2O. The predicted molar refractivity (Wildman–Crippen MR) is 80.4 cm³/mol. The second-order valence-corrected chi connectivity index (χ2v) is 6.25. The summed E-state index contributed by atoms with van der Waals surface area (Å²) < 4.78 is 0. The molecule has 0 unspecified atom stereocenters. The second kappa shape index (κ2) is 5.96. The van der Waals surface area contributed by atoms with Gasteiger partial charge in [-0.3, -0.25) is 4.79 Å². The summed E-state index contributed by atoms with van der Waals surface area (Å²) in [5.41, 5.74) is 1.71. The van der Waals surface area contributed by atoms with Gasteiger partial charge in [0.05, 0.1) is 0 Å². The average molecular weight is 272 g/mol. The van der Waals surface area contributed by atoms with Crippen molar-refractivity contribution in [1.82, 2.24) is 10.6 Å². The maximum Gasteiger partial charge on any atom is 0.223 e. The van der Waals surface area contributed by atoms with E-state index < -0.39 is 0 Å². The van der Waals surface area contributed by atoms with Crippen LogP contribution in [0.2, 0.25) is 0 Å². The van der Waals surface area contributed by atoms with Crippen LogP contribution >= 0.6 is 0 Å². The van der Waals surface area contributed by atoms with Gasteiger partial charge in [-0.25, -0.2) is 0 Å². The van der Waals surface area contributed by atoms with Crippen molar-refractivity contribution in [3.05, 3.63) is 35.9 Å². The summed E-state index contributed by atoms with van der Waals surface area (Å²) in [4.78, 5) is 12.2. The highest BCUT2D eigenvalue weighted by Gasteiger charge is 2.57. The van der Waals surface area contributed by atoms with Crippen LogP contribution in [0.15, 0.2) is 30.3 Å². The molecule has 20 heavy (non-hydrogen) atoms. The molecule has 0 aromatic heterocycles. The Hall–Kier alpha value is -1.35. The molecule has 0 radical (unpaired) electrons. The van der Waals surface area contributed by atoms with Crippen LogP contribution in [0.4, 0.5) is 0 Å². The highest BCUT2D eigenvalue weighted by molar-refractivity contribution is 5.82. The lowest BCUT2D eigenvalue weighted by atomic mass is 9.92. The Morgan fingerprint density at radius 1 is 1.25 bits per heavy atom. The summed E-state index contributed by atoms with van der Waals surface area (Å²) in [6.45, 7) is 2.97. The Morgan fingerprint density at radius 2 is 2.00 bits per heavy atom. The van der Waals surface area contributed by atoms with Gasteiger partial charge in [0, 0.05) is 12.5 Å². The first kappa shape index (κ1) is 13.6. The van der Waals surface area contributed by atoms with Gasteiger partial charge in [0.1, 0.15) is 0 Å². The van der Waals surface area contributed by atoms with Gasteiger partial charge >= 0.3 is 0 Å². The molecule has 1 heterocycles. The lowest BCUT2D eigenvalue weighted by Crippen LogP contribution is -2.34. The number of rotatable bonds is 5. The van der Waals surface area contributed by atoms with E-state index in [1.165, 1.54) is 18.4 Å². The molecule has 2 N–H and O–H groups in total. The molecule has 1 saturated carbocycles. The smallest absolute Gasteiger partial charge is 0.223 e. The van der Waals surface area contributed by atoms with Gasteiger partial charge in [-0.2, -0.15) is 0 Å². The molecule has 3 rings (SSSR count). The SMILES string of the molecule is O=C(NCCCc1ccccc1)[C@H]1CC12CCNCC2. The lowest BCUT2D eigenvalue weighted by Gasteiger charge is -2.23. The maximum atomic E-state index is 12.2. The highest BCUT2D eigenvalue weighted by Crippen LogP contribution is 2.58. The predicted octanol–water partition coefficient (Wildman–Crippen LogP) is 2.13. The van der Waals surface area contributed by atoms with Gasteiger partial charge in [-0.15, -0.1) is 0 Å². The molecule has 1 aromatic rings. The van der Waals surface area contributed by atoms with E-state index in [0.29, 0.717) is 17.2 Å². The molecule has 3 heteroatoms. The lowest BCUT2D eigenvalue weighted by molar-refractivity contribution is -0.123. The van der Waals surface area contributed by atoms with Crippen molar-refractivity contribution in [2.75, 3.05) is 19.6 Å². The third-order valence-electron chi connectivity index (χ3n) is 4.89. The molecule has 2 aliphatic rings. The number of piperidine rings is 1. The molecule has 1 aliphatic heterocycles. The van der Waals surface area contributed by atoms with Crippen LogP contribution in [0.1, 0.15) is 31.2 Å². The molecule has 1 saturated heterocycles. The van der Waals surface area contributed by atoms with Crippen LogP contribution in [-0.2, 0) is 11.2 Å². The first-order valence-corrected chi connectivity index (χ1v) is 7.83. The van der Waals surface area contributed by atoms with Crippen molar-refractivity contribution < 1.29 is 4.79 Å². The van der Waals surface area contributed by atoms with Gasteiger partial charge in [-0.1, -0.05) is 30.3 Å². The van der Waals surface area contributed by atoms with Crippen molar-refractivity contribution in [3.8, 4) is 0 Å². The van der Waals surface area contributed by atoms with Crippen molar-refractivity contribution in [2.45, 2.75) is 32.1 Å². The van der Waals surface area contributed by atoms with Crippen LogP contribution in [0.3, 0.4) is 0 Å². The number of amides is 1. The van der Waals surface area contributed by atoms with Crippen molar-refractivity contribution in [1.29, 1.82) is 0 Å². The van der Waals surface area contributed by atoms with Gasteiger partial charge in [0.15, 0.2) is 0 Å². The van der Waals surface area contributed by atoms with Gasteiger partial charge in [-0.05, 0) is 56.2 Å². The number of carbonyl (C=O) groups excluding carboxylic acids is 1. The van der Waals surface area contributed by atoms with Crippen LogP contribution in [0, 0.1) is 11.3 Å².